The van der Waals surface area contributed by atoms with Gasteiger partial charge in [0.15, 0.2) is 0 Å². The first-order valence-corrected chi connectivity index (χ1v) is 8.17. The van der Waals surface area contributed by atoms with Gasteiger partial charge in [-0.15, -0.1) is 0 Å². The summed E-state index contributed by atoms with van der Waals surface area (Å²) in [5.41, 5.74) is 2.29. The summed E-state index contributed by atoms with van der Waals surface area (Å²) in [7, 11) is 1.98. The first-order chi connectivity index (χ1) is 10.0. The Labute approximate surface area is 133 Å². The zero-order chi connectivity index (χ0) is 15.4. The summed E-state index contributed by atoms with van der Waals surface area (Å²) in [5.74, 6) is -0.745. The van der Waals surface area contributed by atoms with E-state index in [1.165, 1.54) is 5.69 Å². The van der Waals surface area contributed by atoms with E-state index in [2.05, 4.69) is 32.9 Å². The molecule has 0 saturated carbocycles. The number of carboxylic acid groups (broad SMARTS) is 1. The number of carboxylic acids is 1. The van der Waals surface area contributed by atoms with Gasteiger partial charge in [0, 0.05) is 33.2 Å². The van der Waals surface area contributed by atoms with Crippen molar-refractivity contribution in [1.29, 1.82) is 0 Å². The lowest BCUT2D eigenvalue weighted by Gasteiger charge is -2.21. The van der Waals surface area contributed by atoms with Crippen molar-refractivity contribution in [1.82, 2.24) is 19.6 Å². The van der Waals surface area contributed by atoms with Crippen LogP contribution in [-0.2, 0) is 24.8 Å². The Bertz CT molecular complexity index is 503. The fraction of sp³-hybridized carbons (Fsp3) is 0.714. The molecule has 2 heterocycles. The molecule has 0 amide bonds. The van der Waals surface area contributed by atoms with Crippen molar-refractivity contribution in [3.8, 4) is 0 Å². The number of aromatic nitrogens is 2. The number of aliphatic carboxylic acids is 1. The molecule has 1 aromatic heterocycles. The molecule has 0 spiro atoms. The zero-order valence-electron chi connectivity index (χ0n) is 12.7. The Morgan fingerprint density at radius 2 is 1.95 bits per heavy atom. The largest absolute Gasteiger partial charge is 0.480 e. The first-order valence-electron chi connectivity index (χ1n) is 7.38. The van der Waals surface area contributed by atoms with Gasteiger partial charge in [0.25, 0.3) is 0 Å². The van der Waals surface area contributed by atoms with E-state index in [4.69, 9.17) is 5.11 Å². The van der Waals surface area contributed by atoms with Crippen molar-refractivity contribution in [3.05, 3.63) is 15.9 Å². The standard InChI is InChI=1S/C14H23BrN4O2/c1-3-11-14(15)12(17(2)16-11)9-18-5-4-6-19(8-7-18)10-13(20)21/h3-10H2,1-2H3,(H,20,21). The summed E-state index contributed by atoms with van der Waals surface area (Å²) in [4.78, 5) is 15.2. The molecular formula is C14H23BrN4O2. The van der Waals surface area contributed by atoms with Gasteiger partial charge >= 0.3 is 5.97 Å². The molecule has 1 aromatic rings. The molecule has 0 atom stereocenters. The molecule has 1 N–H and O–H groups in total. The summed E-state index contributed by atoms with van der Waals surface area (Å²) in [6, 6.07) is 0. The molecule has 0 aromatic carbocycles. The molecule has 1 fully saturated rings. The topological polar surface area (TPSA) is 61.6 Å². The molecular weight excluding hydrogens is 336 g/mol. The number of halogens is 1. The average Bonchev–Trinajstić information content (AvgIpc) is 2.60. The summed E-state index contributed by atoms with van der Waals surface area (Å²) in [6.45, 7) is 6.65. The molecule has 2 rings (SSSR count). The van der Waals surface area contributed by atoms with Crippen LogP contribution in [0.1, 0.15) is 24.7 Å². The average molecular weight is 359 g/mol. The molecule has 118 valence electrons. The van der Waals surface area contributed by atoms with Gasteiger partial charge in [-0.25, -0.2) is 0 Å². The highest BCUT2D eigenvalue weighted by Crippen LogP contribution is 2.23. The van der Waals surface area contributed by atoms with Crippen LogP contribution in [0.3, 0.4) is 0 Å². The normalized spacial score (nSPS) is 17.9. The van der Waals surface area contributed by atoms with Crippen molar-refractivity contribution in [3.63, 3.8) is 0 Å². The van der Waals surface area contributed by atoms with Gasteiger partial charge in [0.05, 0.1) is 22.4 Å². The molecule has 0 radical (unpaired) electrons. The second-order valence-electron chi connectivity index (χ2n) is 5.48. The van der Waals surface area contributed by atoms with E-state index in [1.807, 2.05) is 16.6 Å². The first kappa shape index (κ1) is 16.5. The van der Waals surface area contributed by atoms with Crippen LogP contribution < -0.4 is 0 Å². The van der Waals surface area contributed by atoms with E-state index in [1.54, 1.807) is 0 Å². The summed E-state index contributed by atoms with van der Waals surface area (Å²) >= 11 is 3.66. The van der Waals surface area contributed by atoms with Gasteiger partial charge in [-0.3, -0.25) is 19.3 Å². The molecule has 21 heavy (non-hydrogen) atoms. The van der Waals surface area contributed by atoms with Crippen molar-refractivity contribution in [2.24, 2.45) is 7.05 Å². The third kappa shape index (κ3) is 4.28. The van der Waals surface area contributed by atoms with Gasteiger partial charge in [0.1, 0.15) is 0 Å². The predicted molar refractivity (Wildman–Crippen MR) is 84.3 cm³/mol. The number of hydrogen-bond acceptors (Lipinski definition) is 4. The SMILES string of the molecule is CCc1nn(C)c(CN2CCCN(CC(=O)O)CC2)c1Br. The van der Waals surface area contributed by atoms with Gasteiger partial charge in [0.2, 0.25) is 0 Å². The molecule has 1 aliphatic rings. The van der Waals surface area contributed by atoms with Crippen LogP contribution in [0, 0.1) is 0 Å². The van der Waals surface area contributed by atoms with Crippen LogP contribution in [0.25, 0.3) is 0 Å². The van der Waals surface area contributed by atoms with E-state index in [-0.39, 0.29) is 6.54 Å². The molecule has 6 nitrogen and oxygen atoms in total. The Balaban J connectivity index is 1.98. The minimum absolute atomic E-state index is 0.142. The summed E-state index contributed by atoms with van der Waals surface area (Å²) < 4.78 is 3.06. The molecule has 0 bridgehead atoms. The van der Waals surface area contributed by atoms with Crippen molar-refractivity contribution < 1.29 is 9.90 Å². The van der Waals surface area contributed by atoms with E-state index in [0.29, 0.717) is 0 Å². The molecule has 0 unspecified atom stereocenters. The smallest absolute Gasteiger partial charge is 0.317 e. The molecule has 7 heteroatoms. The Hall–Kier alpha value is -0.920. The highest BCUT2D eigenvalue weighted by atomic mass is 79.9. The summed E-state index contributed by atoms with van der Waals surface area (Å²) in [6.07, 6.45) is 1.92. The maximum Gasteiger partial charge on any atom is 0.317 e. The Kier molecular flexibility index (Phi) is 5.78. The number of rotatable bonds is 5. The highest BCUT2D eigenvalue weighted by molar-refractivity contribution is 9.10. The third-order valence-corrected chi connectivity index (χ3v) is 4.83. The number of carbonyl (C=O) groups is 1. The fourth-order valence-corrected chi connectivity index (χ4v) is 3.48. The van der Waals surface area contributed by atoms with Crippen LogP contribution in [0.15, 0.2) is 4.47 Å². The van der Waals surface area contributed by atoms with E-state index < -0.39 is 5.97 Å². The van der Waals surface area contributed by atoms with Gasteiger partial charge in [-0.2, -0.15) is 5.10 Å². The van der Waals surface area contributed by atoms with E-state index in [0.717, 1.165) is 55.7 Å². The number of aryl methyl sites for hydroxylation is 2. The lowest BCUT2D eigenvalue weighted by atomic mass is 10.3. The molecule has 1 aliphatic heterocycles. The number of nitrogens with zero attached hydrogens (tertiary/aromatic N) is 4. The maximum atomic E-state index is 10.8. The van der Waals surface area contributed by atoms with Crippen molar-refractivity contribution >= 4 is 21.9 Å². The lowest BCUT2D eigenvalue weighted by Crippen LogP contribution is -2.34. The Morgan fingerprint density at radius 3 is 2.57 bits per heavy atom. The third-order valence-electron chi connectivity index (χ3n) is 3.92. The van der Waals surface area contributed by atoms with Gasteiger partial charge < -0.3 is 5.11 Å². The van der Waals surface area contributed by atoms with Crippen LogP contribution in [0.2, 0.25) is 0 Å². The zero-order valence-corrected chi connectivity index (χ0v) is 14.3. The Morgan fingerprint density at radius 1 is 1.29 bits per heavy atom. The van der Waals surface area contributed by atoms with E-state index in [9.17, 15) is 4.79 Å². The van der Waals surface area contributed by atoms with Crippen molar-refractivity contribution in [2.75, 3.05) is 32.7 Å². The highest BCUT2D eigenvalue weighted by Gasteiger charge is 2.20. The van der Waals surface area contributed by atoms with Gasteiger partial charge in [-0.1, -0.05) is 6.92 Å². The van der Waals surface area contributed by atoms with Crippen LogP contribution in [-0.4, -0.2) is 63.4 Å². The molecule has 0 aliphatic carbocycles. The molecule has 1 saturated heterocycles. The summed E-state index contributed by atoms with van der Waals surface area (Å²) in [5, 5.41) is 13.4. The minimum Gasteiger partial charge on any atom is -0.480 e. The predicted octanol–water partition coefficient (Wildman–Crippen LogP) is 1.34. The minimum atomic E-state index is -0.745. The lowest BCUT2D eigenvalue weighted by molar-refractivity contribution is -0.138. The van der Waals surface area contributed by atoms with E-state index >= 15 is 0 Å². The maximum absolute atomic E-state index is 10.8. The van der Waals surface area contributed by atoms with Gasteiger partial charge in [-0.05, 0) is 35.3 Å². The second kappa shape index (κ2) is 7.38. The second-order valence-corrected chi connectivity index (χ2v) is 6.28. The quantitative estimate of drug-likeness (QED) is 0.860. The van der Waals surface area contributed by atoms with Crippen molar-refractivity contribution in [2.45, 2.75) is 26.3 Å². The van der Waals surface area contributed by atoms with Crippen LogP contribution >= 0.6 is 15.9 Å². The number of hydrogen-bond donors (Lipinski definition) is 1. The fourth-order valence-electron chi connectivity index (χ4n) is 2.74. The monoisotopic (exact) mass is 358 g/mol. The van der Waals surface area contributed by atoms with Crippen LogP contribution in [0.5, 0.6) is 0 Å². The van der Waals surface area contributed by atoms with Crippen LogP contribution in [0.4, 0.5) is 0 Å².